The van der Waals surface area contributed by atoms with Crippen LogP contribution in [0.5, 0.6) is 0 Å². The predicted octanol–water partition coefficient (Wildman–Crippen LogP) is 1.03. The van der Waals surface area contributed by atoms with Gasteiger partial charge in [-0.15, -0.1) is 0 Å². The van der Waals surface area contributed by atoms with Crippen molar-refractivity contribution >= 4 is 11.3 Å². The second-order valence-corrected chi connectivity index (χ2v) is 3.98. The van der Waals surface area contributed by atoms with Crippen molar-refractivity contribution in [3.63, 3.8) is 0 Å². The number of H-pyrrole nitrogens is 1. The highest BCUT2D eigenvalue weighted by Crippen LogP contribution is 2.17. The van der Waals surface area contributed by atoms with Crippen molar-refractivity contribution in [2.24, 2.45) is 0 Å². The van der Waals surface area contributed by atoms with Crippen LogP contribution in [0.3, 0.4) is 0 Å². The molecule has 0 unspecified atom stereocenters. The first-order valence-corrected chi connectivity index (χ1v) is 5.78. The van der Waals surface area contributed by atoms with E-state index in [9.17, 15) is 4.79 Å². The van der Waals surface area contributed by atoms with E-state index in [1.165, 1.54) is 4.57 Å². The van der Waals surface area contributed by atoms with E-state index in [-0.39, 0.29) is 5.69 Å². The first kappa shape index (κ1) is 11.7. The van der Waals surface area contributed by atoms with Crippen molar-refractivity contribution in [2.45, 2.75) is 6.54 Å². The predicted molar refractivity (Wildman–Crippen MR) is 67.7 cm³/mol. The summed E-state index contributed by atoms with van der Waals surface area (Å²) in [6, 6.07) is 3.56. The van der Waals surface area contributed by atoms with Crippen LogP contribution in [0, 0.1) is 0 Å². The van der Waals surface area contributed by atoms with Gasteiger partial charge in [0, 0.05) is 7.11 Å². The number of ether oxygens (including phenoxy) is 1. The Morgan fingerprint density at radius 1 is 1.53 bits per heavy atom. The SMILES string of the molecule is COCCn1c(=O)[nH]c2nc(-c3ccco3)cnc21. The Morgan fingerprint density at radius 2 is 2.42 bits per heavy atom. The molecule has 7 nitrogen and oxygen atoms in total. The van der Waals surface area contributed by atoms with Gasteiger partial charge in [-0.2, -0.15) is 0 Å². The normalized spacial score (nSPS) is 11.2. The number of nitrogens with one attached hydrogen (secondary N) is 1. The average molecular weight is 260 g/mol. The smallest absolute Gasteiger partial charge is 0.328 e. The van der Waals surface area contributed by atoms with E-state index < -0.39 is 0 Å². The van der Waals surface area contributed by atoms with Crippen LogP contribution < -0.4 is 5.69 Å². The quantitative estimate of drug-likeness (QED) is 0.757. The number of nitrogens with zero attached hydrogens (tertiary/aromatic N) is 3. The minimum Gasteiger partial charge on any atom is -0.463 e. The van der Waals surface area contributed by atoms with Crippen LogP contribution in [0.4, 0.5) is 0 Å². The van der Waals surface area contributed by atoms with Gasteiger partial charge in [-0.1, -0.05) is 0 Å². The highest BCUT2D eigenvalue weighted by atomic mass is 16.5. The number of aromatic amines is 1. The molecule has 1 N–H and O–H groups in total. The lowest BCUT2D eigenvalue weighted by Gasteiger charge is -2.01. The molecule has 7 heteroatoms. The lowest BCUT2D eigenvalue weighted by atomic mass is 10.3. The monoisotopic (exact) mass is 260 g/mol. The molecule has 0 saturated heterocycles. The molecular formula is C12H12N4O3. The molecule has 0 atom stereocenters. The fourth-order valence-electron chi connectivity index (χ4n) is 1.86. The summed E-state index contributed by atoms with van der Waals surface area (Å²) in [7, 11) is 1.58. The molecule has 0 spiro atoms. The zero-order chi connectivity index (χ0) is 13.2. The van der Waals surface area contributed by atoms with Gasteiger partial charge in [0.2, 0.25) is 0 Å². The summed E-state index contributed by atoms with van der Waals surface area (Å²) in [6.07, 6.45) is 3.14. The van der Waals surface area contributed by atoms with Gasteiger partial charge >= 0.3 is 5.69 Å². The van der Waals surface area contributed by atoms with Gasteiger partial charge in [0.05, 0.1) is 25.6 Å². The van der Waals surface area contributed by atoms with Crippen molar-refractivity contribution in [2.75, 3.05) is 13.7 Å². The first-order valence-electron chi connectivity index (χ1n) is 5.78. The zero-order valence-corrected chi connectivity index (χ0v) is 10.3. The number of hydrogen-bond donors (Lipinski definition) is 1. The maximum absolute atomic E-state index is 11.8. The zero-order valence-electron chi connectivity index (χ0n) is 10.3. The molecule has 0 bridgehead atoms. The van der Waals surface area contributed by atoms with Gasteiger partial charge in [-0.3, -0.25) is 9.55 Å². The van der Waals surface area contributed by atoms with Gasteiger partial charge in [-0.25, -0.2) is 14.8 Å². The standard InChI is InChI=1S/C12H12N4O3/c1-18-6-4-16-11-10(15-12(16)17)14-8(7-13-11)9-3-2-5-19-9/h2-3,5,7H,4,6H2,1H3,(H,14,15,17). The molecule has 3 rings (SSSR count). The van der Waals surface area contributed by atoms with Crippen LogP contribution >= 0.6 is 0 Å². The molecule has 0 fully saturated rings. The fourth-order valence-corrected chi connectivity index (χ4v) is 1.86. The van der Waals surface area contributed by atoms with Crippen LogP contribution in [0.1, 0.15) is 0 Å². The molecule has 3 heterocycles. The Morgan fingerprint density at radius 3 is 3.16 bits per heavy atom. The molecule has 0 aliphatic carbocycles. The molecule has 19 heavy (non-hydrogen) atoms. The van der Waals surface area contributed by atoms with E-state index in [4.69, 9.17) is 9.15 Å². The first-order chi connectivity index (χ1) is 9.29. The second-order valence-electron chi connectivity index (χ2n) is 3.98. The lowest BCUT2D eigenvalue weighted by Crippen LogP contribution is -2.19. The fraction of sp³-hybridized carbons (Fsp3) is 0.250. The Balaban J connectivity index is 2.08. The summed E-state index contributed by atoms with van der Waals surface area (Å²) in [5, 5.41) is 0. The number of furan rings is 1. The van der Waals surface area contributed by atoms with E-state index in [1.54, 1.807) is 31.7 Å². The van der Waals surface area contributed by atoms with Gasteiger partial charge in [0.25, 0.3) is 0 Å². The molecule has 0 amide bonds. The average Bonchev–Trinajstić information content (AvgIpc) is 3.03. The largest absolute Gasteiger partial charge is 0.463 e. The molecular weight excluding hydrogens is 248 g/mol. The van der Waals surface area contributed by atoms with Crippen molar-refractivity contribution in [1.82, 2.24) is 19.5 Å². The maximum atomic E-state index is 11.8. The molecule has 3 aromatic heterocycles. The number of imidazole rings is 1. The van der Waals surface area contributed by atoms with Crippen LogP contribution in [0.15, 0.2) is 33.8 Å². The summed E-state index contributed by atoms with van der Waals surface area (Å²) < 4.78 is 11.7. The van der Waals surface area contributed by atoms with E-state index >= 15 is 0 Å². The number of rotatable bonds is 4. The topological polar surface area (TPSA) is 85.9 Å². The summed E-state index contributed by atoms with van der Waals surface area (Å²) in [4.78, 5) is 23.1. The highest BCUT2D eigenvalue weighted by molar-refractivity contribution is 5.69. The third-order valence-electron chi connectivity index (χ3n) is 2.77. The molecule has 0 aliphatic heterocycles. The third kappa shape index (κ3) is 2.04. The number of aromatic nitrogens is 4. The van der Waals surface area contributed by atoms with Gasteiger partial charge < -0.3 is 9.15 Å². The van der Waals surface area contributed by atoms with Crippen molar-refractivity contribution in [1.29, 1.82) is 0 Å². The van der Waals surface area contributed by atoms with Gasteiger partial charge in [-0.05, 0) is 12.1 Å². The Hall–Kier alpha value is -2.41. The van der Waals surface area contributed by atoms with Crippen molar-refractivity contribution in [3.05, 3.63) is 35.1 Å². The van der Waals surface area contributed by atoms with Crippen LogP contribution in [-0.2, 0) is 11.3 Å². The molecule has 0 aromatic carbocycles. The molecule has 98 valence electrons. The number of fused-ring (bicyclic) bond motifs is 1. The third-order valence-corrected chi connectivity index (χ3v) is 2.77. The minimum absolute atomic E-state index is 0.247. The number of methoxy groups -OCH3 is 1. The van der Waals surface area contributed by atoms with E-state index in [1.807, 2.05) is 0 Å². The highest BCUT2D eigenvalue weighted by Gasteiger charge is 2.11. The molecule has 0 aliphatic rings. The van der Waals surface area contributed by atoms with Crippen molar-refractivity contribution in [3.8, 4) is 11.5 Å². The van der Waals surface area contributed by atoms with Crippen LogP contribution in [0.25, 0.3) is 22.7 Å². The maximum Gasteiger partial charge on any atom is 0.328 e. The summed E-state index contributed by atoms with van der Waals surface area (Å²) in [6.45, 7) is 0.874. The Bertz CT molecular complexity index is 742. The van der Waals surface area contributed by atoms with Gasteiger partial charge in [0.15, 0.2) is 17.1 Å². The number of hydrogen-bond acceptors (Lipinski definition) is 5. The second kappa shape index (κ2) is 4.69. The molecule has 0 radical (unpaired) electrons. The Labute approximate surface area is 107 Å². The molecule has 3 aromatic rings. The summed E-state index contributed by atoms with van der Waals surface area (Å²) in [5.41, 5.74) is 1.29. The molecule has 0 saturated carbocycles. The van der Waals surface area contributed by atoms with E-state index in [0.717, 1.165) is 0 Å². The summed E-state index contributed by atoms with van der Waals surface area (Å²) >= 11 is 0. The van der Waals surface area contributed by atoms with Gasteiger partial charge in [0.1, 0.15) is 5.69 Å². The lowest BCUT2D eigenvalue weighted by molar-refractivity contribution is 0.187. The van der Waals surface area contributed by atoms with E-state index in [0.29, 0.717) is 35.9 Å². The Kier molecular flexibility index (Phi) is 2.88. The van der Waals surface area contributed by atoms with E-state index in [2.05, 4.69) is 15.0 Å². The summed E-state index contributed by atoms with van der Waals surface area (Å²) in [5.74, 6) is 0.611. The van der Waals surface area contributed by atoms with Crippen molar-refractivity contribution < 1.29 is 9.15 Å². The van der Waals surface area contributed by atoms with Crippen LogP contribution in [0.2, 0.25) is 0 Å². The minimum atomic E-state index is -0.247. The van der Waals surface area contributed by atoms with Crippen LogP contribution in [-0.4, -0.2) is 33.2 Å².